The quantitative estimate of drug-likeness (QED) is 0.438. The lowest BCUT2D eigenvalue weighted by Crippen LogP contribution is -2.61. The third kappa shape index (κ3) is 6.90. The van der Waals surface area contributed by atoms with Crippen molar-refractivity contribution in [3.63, 3.8) is 0 Å². The average Bonchev–Trinajstić information content (AvgIpc) is 2.90. The lowest BCUT2D eigenvalue weighted by molar-refractivity contribution is -0.162. The standard InChI is InChI=1S/C26H44N2O4Si/c1-19(29)27-26(8)21(18-31-33(9,10)25(5,6)7)16-22(23(30)32-24(2,3)4)28(26)17-20-14-12-11-13-15-20/h11-15,21-22H,16-18H2,1-10H3,(H,27,29)/t21-,22+,26+/m0/s1. The summed E-state index contributed by atoms with van der Waals surface area (Å²) >= 11 is 0. The third-order valence-corrected chi connectivity index (χ3v) is 11.5. The zero-order valence-corrected chi connectivity index (χ0v) is 23.2. The summed E-state index contributed by atoms with van der Waals surface area (Å²) in [5.74, 6) is -0.445. The van der Waals surface area contributed by atoms with Gasteiger partial charge < -0.3 is 14.5 Å². The van der Waals surface area contributed by atoms with Crippen LogP contribution in [0.4, 0.5) is 0 Å². The lowest BCUT2D eigenvalue weighted by atomic mass is 9.94. The molecule has 0 saturated carbocycles. The highest BCUT2D eigenvalue weighted by Crippen LogP contribution is 2.42. The topological polar surface area (TPSA) is 67.9 Å². The Morgan fingerprint density at radius 3 is 2.18 bits per heavy atom. The zero-order valence-electron chi connectivity index (χ0n) is 22.2. The van der Waals surface area contributed by atoms with Gasteiger partial charge in [-0.15, -0.1) is 0 Å². The van der Waals surface area contributed by atoms with E-state index >= 15 is 0 Å². The van der Waals surface area contributed by atoms with Gasteiger partial charge in [-0.2, -0.15) is 0 Å². The molecule has 1 amide bonds. The maximum Gasteiger partial charge on any atom is 0.323 e. The van der Waals surface area contributed by atoms with Gasteiger partial charge in [-0.1, -0.05) is 51.1 Å². The predicted molar refractivity (Wildman–Crippen MR) is 135 cm³/mol. The Bertz CT molecular complexity index is 829. The smallest absolute Gasteiger partial charge is 0.323 e. The number of esters is 1. The number of nitrogens with one attached hydrogen (secondary N) is 1. The number of hydrogen-bond acceptors (Lipinski definition) is 5. The van der Waals surface area contributed by atoms with Crippen LogP contribution in [0.25, 0.3) is 0 Å². The van der Waals surface area contributed by atoms with E-state index < -0.39 is 25.6 Å². The van der Waals surface area contributed by atoms with E-state index in [1.807, 2.05) is 58.0 Å². The van der Waals surface area contributed by atoms with Crippen molar-refractivity contribution in [1.29, 1.82) is 0 Å². The van der Waals surface area contributed by atoms with Gasteiger partial charge in [0.25, 0.3) is 0 Å². The molecule has 6 nitrogen and oxygen atoms in total. The van der Waals surface area contributed by atoms with Crippen LogP contribution in [0.2, 0.25) is 18.1 Å². The highest BCUT2D eigenvalue weighted by molar-refractivity contribution is 6.74. The molecule has 0 bridgehead atoms. The van der Waals surface area contributed by atoms with Crippen LogP contribution in [0.5, 0.6) is 0 Å². The molecule has 186 valence electrons. The van der Waals surface area contributed by atoms with Gasteiger partial charge in [0, 0.05) is 26.0 Å². The van der Waals surface area contributed by atoms with E-state index in [9.17, 15) is 9.59 Å². The van der Waals surface area contributed by atoms with Gasteiger partial charge in [0.2, 0.25) is 5.91 Å². The third-order valence-electron chi connectivity index (χ3n) is 7.03. The van der Waals surface area contributed by atoms with E-state index in [0.717, 1.165) is 5.56 Å². The minimum absolute atomic E-state index is 0.0586. The Kier molecular flexibility index (Phi) is 8.25. The molecule has 1 N–H and O–H groups in total. The summed E-state index contributed by atoms with van der Waals surface area (Å²) in [6, 6.07) is 9.55. The van der Waals surface area contributed by atoms with Gasteiger partial charge in [-0.3, -0.25) is 14.5 Å². The molecule has 0 radical (unpaired) electrons. The zero-order chi connectivity index (χ0) is 25.2. The molecule has 7 heteroatoms. The summed E-state index contributed by atoms with van der Waals surface area (Å²) in [5, 5.41) is 3.25. The van der Waals surface area contributed by atoms with Gasteiger partial charge in [0.15, 0.2) is 8.32 Å². The molecule has 1 fully saturated rings. The molecule has 1 saturated heterocycles. The van der Waals surface area contributed by atoms with Crippen LogP contribution >= 0.6 is 0 Å². The minimum atomic E-state index is -2.01. The summed E-state index contributed by atoms with van der Waals surface area (Å²) in [6.07, 6.45) is 0.563. The largest absolute Gasteiger partial charge is 0.459 e. The molecule has 33 heavy (non-hydrogen) atoms. The molecule has 0 aromatic heterocycles. The predicted octanol–water partition coefficient (Wildman–Crippen LogP) is 5.09. The van der Waals surface area contributed by atoms with Crippen LogP contribution in [0.1, 0.15) is 67.4 Å². The summed E-state index contributed by atoms with van der Waals surface area (Å²) in [5.41, 5.74) is -0.255. The van der Waals surface area contributed by atoms with Gasteiger partial charge in [-0.05, 0) is 57.8 Å². The van der Waals surface area contributed by atoms with E-state index in [0.29, 0.717) is 19.6 Å². The second-order valence-corrected chi connectivity index (χ2v) is 16.8. The highest BCUT2D eigenvalue weighted by atomic mass is 28.4. The SMILES string of the molecule is CC(=O)N[C@@]1(C)[C@H](CO[Si](C)(C)C(C)(C)C)C[C@H](C(=O)OC(C)(C)C)N1Cc1ccccc1. The van der Waals surface area contributed by atoms with Crippen molar-refractivity contribution < 1.29 is 18.8 Å². The fourth-order valence-electron chi connectivity index (χ4n) is 4.12. The Hall–Kier alpha value is -1.70. The van der Waals surface area contributed by atoms with E-state index in [-0.39, 0.29) is 22.8 Å². The van der Waals surface area contributed by atoms with Gasteiger partial charge in [0.1, 0.15) is 11.6 Å². The first-order valence-corrected chi connectivity index (χ1v) is 14.8. The summed E-state index contributed by atoms with van der Waals surface area (Å²) < 4.78 is 12.4. The van der Waals surface area contributed by atoms with Crippen LogP contribution in [0.15, 0.2) is 30.3 Å². The number of hydrogen-bond donors (Lipinski definition) is 1. The maximum absolute atomic E-state index is 13.3. The molecule has 1 aliphatic rings. The molecule has 0 spiro atoms. The van der Waals surface area contributed by atoms with Crippen molar-refractivity contribution in [2.24, 2.45) is 5.92 Å². The Labute approximate surface area is 201 Å². The number of carbonyl (C=O) groups is 2. The Balaban J connectivity index is 2.43. The number of carbonyl (C=O) groups excluding carboxylic acids is 2. The number of rotatable bonds is 7. The second kappa shape index (κ2) is 9.88. The molecule has 1 aromatic carbocycles. The molecular weight excluding hydrogens is 432 g/mol. The molecule has 3 atom stereocenters. The molecule has 1 aliphatic heterocycles. The number of nitrogens with zero attached hydrogens (tertiary/aromatic N) is 1. The van der Waals surface area contributed by atoms with Crippen LogP contribution in [0.3, 0.4) is 0 Å². The summed E-state index contributed by atoms with van der Waals surface area (Å²) in [4.78, 5) is 27.8. The Morgan fingerprint density at radius 1 is 1.12 bits per heavy atom. The first-order valence-electron chi connectivity index (χ1n) is 11.9. The molecule has 2 rings (SSSR count). The van der Waals surface area contributed by atoms with Crippen LogP contribution in [-0.4, -0.2) is 49.0 Å². The van der Waals surface area contributed by atoms with Crippen molar-refractivity contribution in [1.82, 2.24) is 10.2 Å². The van der Waals surface area contributed by atoms with E-state index in [4.69, 9.17) is 9.16 Å². The molecular formula is C26H44N2O4Si. The van der Waals surface area contributed by atoms with Crippen molar-refractivity contribution >= 4 is 20.2 Å². The first-order chi connectivity index (χ1) is 15.0. The van der Waals surface area contributed by atoms with Crippen molar-refractivity contribution in [2.75, 3.05) is 6.61 Å². The normalized spacial score (nSPS) is 24.5. The van der Waals surface area contributed by atoms with Gasteiger partial charge in [-0.25, -0.2) is 0 Å². The fourth-order valence-corrected chi connectivity index (χ4v) is 5.17. The Morgan fingerprint density at radius 2 is 1.70 bits per heavy atom. The van der Waals surface area contributed by atoms with Gasteiger partial charge in [0.05, 0.1) is 5.66 Å². The highest BCUT2D eigenvalue weighted by Gasteiger charge is 2.54. The number of likely N-dealkylation sites (tertiary alicyclic amines) is 1. The maximum atomic E-state index is 13.3. The molecule has 0 aliphatic carbocycles. The lowest BCUT2D eigenvalue weighted by Gasteiger charge is -2.43. The summed E-state index contributed by atoms with van der Waals surface area (Å²) in [6.45, 7) is 21.3. The molecule has 1 heterocycles. The van der Waals surface area contributed by atoms with Crippen LogP contribution < -0.4 is 5.32 Å². The van der Waals surface area contributed by atoms with E-state index in [1.165, 1.54) is 6.92 Å². The molecule has 0 unspecified atom stereocenters. The first kappa shape index (κ1) is 27.5. The summed E-state index contributed by atoms with van der Waals surface area (Å²) in [7, 11) is -2.01. The van der Waals surface area contributed by atoms with Crippen LogP contribution in [0, 0.1) is 5.92 Å². The van der Waals surface area contributed by atoms with Crippen molar-refractivity contribution in [3.05, 3.63) is 35.9 Å². The average molecular weight is 477 g/mol. The van der Waals surface area contributed by atoms with Crippen molar-refractivity contribution in [3.8, 4) is 0 Å². The minimum Gasteiger partial charge on any atom is -0.459 e. The van der Waals surface area contributed by atoms with E-state index in [1.54, 1.807) is 0 Å². The molecule has 1 aromatic rings. The number of amides is 1. The number of ether oxygens (including phenoxy) is 1. The monoisotopic (exact) mass is 476 g/mol. The van der Waals surface area contributed by atoms with Gasteiger partial charge >= 0.3 is 5.97 Å². The van der Waals surface area contributed by atoms with Crippen LogP contribution in [-0.2, 0) is 25.3 Å². The fraction of sp³-hybridized carbons (Fsp3) is 0.692. The van der Waals surface area contributed by atoms with E-state index in [2.05, 4.69) is 44.1 Å². The van der Waals surface area contributed by atoms with Crippen molar-refractivity contribution in [2.45, 2.75) is 104 Å². The number of benzene rings is 1. The second-order valence-electron chi connectivity index (χ2n) is 12.0.